The maximum Gasteiger partial charge on any atom is 0.0671 e. The number of hydrogen-bond donors (Lipinski definition) is 3. The summed E-state index contributed by atoms with van der Waals surface area (Å²) in [6.45, 7) is 3.21. The minimum absolute atomic E-state index is 0.784. The van der Waals surface area contributed by atoms with Crippen LogP contribution in [0.25, 0.3) is 0 Å². The molecule has 1 aliphatic heterocycles. The van der Waals surface area contributed by atoms with E-state index in [0.29, 0.717) is 0 Å². The number of unbranched alkanes of at least 4 members (excludes halogenated alkanes) is 3. The van der Waals surface area contributed by atoms with Crippen LogP contribution >= 0.6 is 0 Å². The molecule has 2 aromatic carbocycles. The predicted octanol–water partition coefficient (Wildman–Crippen LogP) is 4.63. The lowest BCUT2D eigenvalue weighted by molar-refractivity contribution is 0.668. The topological polar surface area (TPSA) is 67.3 Å². The summed E-state index contributed by atoms with van der Waals surface area (Å²) in [5, 5.41) is 3.47. The van der Waals surface area contributed by atoms with Crippen LogP contribution in [0.3, 0.4) is 0 Å². The maximum absolute atomic E-state index is 5.99. The summed E-state index contributed by atoms with van der Waals surface area (Å²) in [6.07, 6.45) is 4.93. The Labute approximate surface area is 132 Å². The summed E-state index contributed by atoms with van der Waals surface area (Å²) in [6, 6.07) is 12.0. The molecule has 0 bridgehead atoms. The number of fused-ring (bicyclic) bond motifs is 2. The number of nitrogens with one attached hydrogen (secondary N) is 1. The van der Waals surface area contributed by atoms with Gasteiger partial charge in [0, 0.05) is 17.9 Å². The molecule has 1 aliphatic rings. The van der Waals surface area contributed by atoms with Crippen LogP contribution in [0.4, 0.5) is 34.1 Å². The minimum atomic E-state index is 0.784. The van der Waals surface area contributed by atoms with Crippen molar-refractivity contribution >= 4 is 34.1 Å². The van der Waals surface area contributed by atoms with Crippen molar-refractivity contribution in [2.45, 2.75) is 32.6 Å². The normalized spacial score (nSPS) is 12.5. The Kier molecular flexibility index (Phi) is 4.09. The minimum Gasteiger partial charge on any atom is -0.399 e. The number of benzene rings is 2. The molecular formula is C18H24N4. The first-order valence-electron chi connectivity index (χ1n) is 8.02. The van der Waals surface area contributed by atoms with Gasteiger partial charge in [0.2, 0.25) is 0 Å². The quantitative estimate of drug-likeness (QED) is 0.556. The van der Waals surface area contributed by atoms with Crippen LogP contribution in [-0.2, 0) is 0 Å². The highest BCUT2D eigenvalue weighted by Crippen LogP contribution is 2.45. The summed E-state index contributed by atoms with van der Waals surface area (Å²) in [4.78, 5) is 2.34. The molecule has 0 atom stereocenters. The molecule has 0 saturated heterocycles. The Bertz CT molecular complexity index is 615. The molecule has 0 amide bonds. The van der Waals surface area contributed by atoms with Gasteiger partial charge in [0.15, 0.2) is 0 Å². The summed E-state index contributed by atoms with van der Waals surface area (Å²) in [5.41, 5.74) is 18.0. The van der Waals surface area contributed by atoms with Crippen LogP contribution in [0, 0.1) is 0 Å². The van der Waals surface area contributed by atoms with E-state index >= 15 is 0 Å². The Morgan fingerprint density at radius 1 is 0.864 bits per heavy atom. The van der Waals surface area contributed by atoms with E-state index in [1.54, 1.807) is 0 Å². The van der Waals surface area contributed by atoms with Gasteiger partial charge in [0.25, 0.3) is 0 Å². The summed E-state index contributed by atoms with van der Waals surface area (Å²) < 4.78 is 0. The van der Waals surface area contributed by atoms with Crippen LogP contribution in [0.1, 0.15) is 32.6 Å². The molecule has 4 nitrogen and oxygen atoms in total. The number of nitrogens with two attached hydrogens (primary N) is 2. The van der Waals surface area contributed by atoms with Crippen molar-refractivity contribution < 1.29 is 0 Å². The standard InChI is InChI=1S/C18H24N4/c1-2-3-4-5-10-22-17-11-13(19)6-8-15(17)21-16-9-7-14(20)12-18(16)22/h6-9,11-12,21H,2-5,10,19-20H2,1H3. The zero-order valence-corrected chi connectivity index (χ0v) is 13.1. The van der Waals surface area contributed by atoms with Gasteiger partial charge in [-0.25, -0.2) is 0 Å². The molecule has 0 spiro atoms. The lowest BCUT2D eigenvalue weighted by atomic mass is 10.1. The summed E-state index contributed by atoms with van der Waals surface area (Å²) in [7, 11) is 0. The molecule has 0 unspecified atom stereocenters. The zero-order valence-electron chi connectivity index (χ0n) is 13.1. The van der Waals surface area contributed by atoms with Gasteiger partial charge in [-0.1, -0.05) is 26.2 Å². The second-order valence-corrected chi connectivity index (χ2v) is 5.89. The van der Waals surface area contributed by atoms with Crippen LogP contribution in [-0.4, -0.2) is 6.54 Å². The van der Waals surface area contributed by atoms with E-state index in [-0.39, 0.29) is 0 Å². The fraction of sp³-hybridized carbons (Fsp3) is 0.333. The van der Waals surface area contributed by atoms with Crippen molar-refractivity contribution in [2.75, 3.05) is 28.2 Å². The molecule has 3 rings (SSSR count). The second kappa shape index (κ2) is 6.18. The smallest absolute Gasteiger partial charge is 0.0671 e. The molecule has 0 saturated carbocycles. The van der Waals surface area contributed by atoms with E-state index in [1.165, 1.54) is 19.3 Å². The Morgan fingerprint density at radius 3 is 2.00 bits per heavy atom. The molecule has 1 heterocycles. The van der Waals surface area contributed by atoms with Crippen LogP contribution in [0.5, 0.6) is 0 Å². The lowest BCUT2D eigenvalue weighted by Gasteiger charge is -2.34. The first-order valence-corrected chi connectivity index (χ1v) is 8.02. The van der Waals surface area contributed by atoms with E-state index in [1.807, 2.05) is 36.4 Å². The van der Waals surface area contributed by atoms with Gasteiger partial charge in [-0.15, -0.1) is 0 Å². The average Bonchev–Trinajstić information content (AvgIpc) is 2.51. The van der Waals surface area contributed by atoms with Crippen molar-refractivity contribution in [2.24, 2.45) is 0 Å². The van der Waals surface area contributed by atoms with E-state index in [0.717, 1.165) is 47.1 Å². The van der Waals surface area contributed by atoms with Crippen molar-refractivity contribution in [1.29, 1.82) is 0 Å². The molecule has 5 N–H and O–H groups in total. The number of rotatable bonds is 5. The van der Waals surface area contributed by atoms with Gasteiger partial charge in [-0.2, -0.15) is 0 Å². The molecule has 116 valence electrons. The van der Waals surface area contributed by atoms with Crippen molar-refractivity contribution in [1.82, 2.24) is 0 Å². The molecular weight excluding hydrogens is 272 g/mol. The second-order valence-electron chi connectivity index (χ2n) is 5.89. The van der Waals surface area contributed by atoms with Crippen LogP contribution in [0.2, 0.25) is 0 Å². The largest absolute Gasteiger partial charge is 0.399 e. The lowest BCUT2D eigenvalue weighted by Crippen LogP contribution is -2.24. The average molecular weight is 296 g/mol. The fourth-order valence-corrected chi connectivity index (χ4v) is 2.97. The zero-order chi connectivity index (χ0) is 15.5. The van der Waals surface area contributed by atoms with Gasteiger partial charge < -0.3 is 21.7 Å². The van der Waals surface area contributed by atoms with Gasteiger partial charge in [-0.05, 0) is 42.8 Å². The number of nitrogen functional groups attached to an aromatic ring is 2. The van der Waals surface area contributed by atoms with Crippen LogP contribution in [0.15, 0.2) is 36.4 Å². The molecule has 0 fully saturated rings. The molecule has 22 heavy (non-hydrogen) atoms. The highest BCUT2D eigenvalue weighted by Gasteiger charge is 2.22. The molecule has 2 aromatic rings. The van der Waals surface area contributed by atoms with E-state index < -0.39 is 0 Å². The highest BCUT2D eigenvalue weighted by atomic mass is 15.2. The fourth-order valence-electron chi connectivity index (χ4n) is 2.97. The Morgan fingerprint density at radius 2 is 1.45 bits per heavy atom. The van der Waals surface area contributed by atoms with Crippen molar-refractivity contribution in [3.63, 3.8) is 0 Å². The first-order chi connectivity index (χ1) is 10.7. The summed E-state index contributed by atoms with van der Waals surface area (Å²) in [5.74, 6) is 0. The highest BCUT2D eigenvalue weighted by molar-refractivity contribution is 5.93. The molecule has 0 radical (unpaired) electrons. The van der Waals surface area contributed by atoms with E-state index in [9.17, 15) is 0 Å². The van der Waals surface area contributed by atoms with Crippen molar-refractivity contribution in [3.8, 4) is 0 Å². The first kappa shape index (κ1) is 14.6. The number of anilines is 6. The Balaban J connectivity index is 1.94. The van der Waals surface area contributed by atoms with Gasteiger partial charge in [0.05, 0.1) is 22.7 Å². The monoisotopic (exact) mass is 296 g/mol. The molecule has 0 aromatic heterocycles. The number of nitrogens with zero attached hydrogens (tertiary/aromatic N) is 1. The maximum atomic E-state index is 5.99. The van der Waals surface area contributed by atoms with Crippen LogP contribution < -0.4 is 21.7 Å². The Hall–Kier alpha value is -2.36. The third kappa shape index (κ3) is 2.82. The molecule has 4 heteroatoms. The van der Waals surface area contributed by atoms with E-state index in [2.05, 4.69) is 17.1 Å². The third-order valence-electron chi connectivity index (χ3n) is 4.13. The van der Waals surface area contributed by atoms with Gasteiger partial charge in [0.1, 0.15) is 0 Å². The SMILES string of the molecule is CCCCCCN1c2cc(N)ccc2Nc2ccc(N)cc21. The van der Waals surface area contributed by atoms with Crippen molar-refractivity contribution in [3.05, 3.63) is 36.4 Å². The van der Waals surface area contributed by atoms with Gasteiger partial charge >= 0.3 is 0 Å². The predicted molar refractivity (Wildman–Crippen MR) is 96.1 cm³/mol. The molecule has 0 aliphatic carbocycles. The van der Waals surface area contributed by atoms with E-state index in [4.69, 9.17) is 11.5 Å². The third-order valence-corrected chi connectivity index (χ3v) is 4.13. The summed E-state index contributed by atoms with van der Waals surface area (Å²) >= 11 is 0. The number of hydrogen-bond acceptors (Lipinski definition) is 4. The van der Waals surface area contributed by atoms with Gasteiger partial charge in [-0.3, -0.25) is 0 Å².